The van der Waals surface area contributed by atoms with Gasteiger partial charge in [-0.25, -0.2) is 0 Å². The summed E-state index contributed by atoms with van der Waals surface area (Å²) in [7, 11) is 0. The number of anilines is 1. The Labute approximate surface area is 128 Å². The first kappa shape index (κ1) is 14.4. The van der Waals surface area contributed by atoms with Crippen LogP contribution < -0.4 is 5.32 Å². The van der Waals surface area contributed by atoms with Gasteiger partial charge in [-0.2, -0.15) is 0 Å². The predicted octanol–water partition coefficient (Wildman–Crippen LogP) is 5.40. The van der Waals surface area contributed by atoms with Gasteiger partial charge in [-0.05, 0) is 42.7 Å². The highest BCUT2D eigenvalue weighted by atomic mass is 14.9. The van der Waals surface area contributed by atoms with E-state index in [4.69, 9.17) is 0 Å². The molecule has 2 atom stereocenters. The van der Waals surface area contributed by atoms with Gasteiger partial charge < -0.3 is 5.32 Å². The van der Waals surface area contributed by atoms with Crippen molar-refractivity contribution in [1.82, 2.24) is 4.98 Å². The summed E-state index contributed by atoms with van der Waals surface area (Å²) in [5, 5.41) is 6.30. The van der Waals surface area contributed by atoms with Crippen LogP contribution in [0.2, 0.25) is 0 Å². The van der Waals surface area contributed by atoms with Crippen molar-refractivity contribution in [3.05, 3.63) is 36.7 Å². The van der Waals surface area contributed by atoms with Crippen molar-refractivity contribution in [3.8, 4) is 0 Å². The molecule has 0 saturated heterocycles. The Balaban J connectivity index is 1.70. The smallest absolute Gasteiger partial charge is 0.0437 e. The van der Waals surface area contributed by atoms with Crippen LogP contribution in [0.4, 0.5) is 5.69 Å². The summed E-state index contributed by atoms with van der Waals surface area (Å²) >= 11 is 0. The fourth-order valence-corrected chi connectivity index (χ4v) is 3.68. The predicted molar refractivity (Wildman–Crippen MR) is 90.6 cm³/mol. The lowest BCUT2D eigenvalue weighted by molar-refractivity contribution is 0.422. The number of benzene rings is 1. The molecule has 1 fully saturated rings. The maximum Gasteiger partial charge on any atom is 0.0437 e. The Kier molecular flexibility index (Phi) is 4.74. The van der Waals surface area contributed by atoms with E-state index >= 15 is 0 Å². The van der Waals surface area contributed by atoms with Crippen LogP contribution in [0, 0.1) is 5.92 Å². The second-order valence-corrected chi connectivity index (χ2v) is 6.41. The van der Waals surface area contributed by atoms with Crippen molar-refractivity contribution in [2.24, 2.45) is 5.92 Å². The molecule has 2 nitrogen and oxygen atoms in total. The van der Waals surface area contributed by atoms with Crippen LogP contribution in [0.25, 0.3) is 10.8 Å². The summed E-state index contributed by atoms with van der Waals surface area (Å²) in [6, 6.07) is 9.20. The van der Waals surface area contributed by atoms with E-state index in [-0.39, 0.29) is 0 Å². The minimum atomic E-state index is 0.623. The first-order valence-electron chi connectivity index (χ1n) is 8.46. The molecule has 0 radical (unpaired) electrons. The third-order valence-corrected chi connectivity index (χ3v) is 4.83. The summed E-state index contributed by atoms with van der Waals surface area (Å²) < 4.78 is 0. The zero-order valence-corrected chi connectivity index (χ0v) is 13.0. The van der Waals surface area contributed by atoms with Crippen molar-refractivity contribution >= 4 is 16.5 Å². The first-order chi connectivity index (χ1) is 10.4. The van der Waals surface area contributed by atoms with E-state index in [1.165, 1.54) is 61.4 Å². The molecule has 1 aliphatic rings. The number of aromatic nitrogens is 1. The molecule has 3 rings (SSSR count). The van der Waals surface area contributed by atoms with Crippen molar-refractivity contribution < 1.29 is 0 Å². The van der Waals surface area contributed by atoms with E-state index in [0.717, 1.165) is 5.92 Å². The van der Waals surface area contributed by atoms with E-state index in [2.05, 4.69) is 41.5 Å². The molecule has 2 unspecified atom stereocenters. The zero-order valence-electron chi connectivity index (χ0n) is 13.0. The van der Waals surface area contributed by atoms with E-state index in [1.807, 2.05) is 12.4 Å². The monoisotopic (exact) mass is 282 g/mol. The molecule has 2 heteroatoms. The maximum atomic E-state index is 4.28. The van der Waals surface area contributed by atoms with Gasteiger partial charge in [0.1, 0.15) is 0 Å². The molecule has 1 N–H and O–H groups in total. The number of nitrogens with zero attached hydrogens (tertiary/aromatic N) is 1. The number of hydrogen-bond acceptors (Lipinski definition) is 2. The summed E-state index contributed by atoms with van der Waals surface area (Å²) in [6.45, 7) is 2.31. The van der Waals surface area contributed by atoms with Gasteiger partial charge in [-0.1, -0.05) is 44.7 Å². The number of pyridine rings is 1. The van der Waals surface area contributed by atoms with Gasteiger partial charge in [0.15, 0.2) is 0 Å². The van der Waals surface area contributed by atoms with Crippen LogP contribution in [0.15, 0.2) is 36.7 Å². The van der Waals surface area contributed by atoms with Crippen molar-refractivity contribution in [3.63, 3.8) is 0 Å². The van der Waals surface area contributed by atoms with E-state index < -0.39 is 0 Å². The fourth-order valence-electron chi connectivity index (χ4n) is 3.68. The summed E-state index contributed by atoms with van der Waals surface area (Å²) in [6.07, 6.45) is 13.4. The third-order valence-electron chi connectivity index (χ3n) is 4.83. The maximum absolute atomic E-state index is 4.28. The molecule has 2 aromatic rings. The lowest BCUT2D eigenvalue weighted by Crippen LogP contribution is -2.18. The first-order valence-corrected chi connectivity index (χ1v) is 8.46. The molecule has 0 amide bonds. The summed E-state index contributed by atoms with van der Waals surface area (Å²) in [5.74, 6) is 0.955. The molecule has 0 spiro atoms. The van der Waals surface area contributed by atoms with Gasteiger partial charge >= 0.3 is 0 Å². The molecule has 21 heavy (non-hydrogen) atoms. The van der Waals surface area contributed by atoms with Crippen LogP contribution in [-0.4, -0.2) is 11.0 Å². The molecule has 0 aliphatic heterocycles. The molecule has 1 saturated carbocycles. The van der Waals surface area contributed by atoms with Gasteiger partial charge in [0.25, 0.3) is 0 Å². The lowest BCUT2D eigenvalue weighted by Gasteiger charge is -2.19. The molecule has 1 aliphatic carbocycles. The standard InChI is InChI=1S/C19H26N2/c1-2-5-15-6-3-8-17(11-10-15)21-19-9-4-7-16-12-13-20-14-18(16)19/h4,7,9,12-15,17,21H,2-3,5-6,8,10-11H2,1H3. The van der Waals surface area contributed by atoms with Gasteiger partial charge in [0.2, 0.25) is 0 Å². The molecule has 1 aromatic heterocycles. The molecule has 1 aromatic carbocycles. The topological polar surface area (TPSA) is 24.9 Å². The summed E-state index contributed by atoms with van der Waals surface area (Å²) in [5.41, 5.74) is 1.25. The van der Waals surface area contributed by atoms with E-state index in [1.54, 1.807) is 0 Å². The lowest BCUT2D eigenvalue weighted by atomic mass is 9.95. The Morgan fingerprint density at radius 1 is 1.14 bits per heavy atom. The van der Waals surface area contributed by atoms with Crippen LogP contribution in [0.5, 0.6) is 0 Å². The number of nitrogens with one attached hydrogen (secondary N) is 1. The van der Waals surface area contributed by atoms with Crippen molar-refractivity contribution in [2.45, 2.75) is 57.9 Å². The average Bonchev–Trinajstić information content (AvgIpc) is 2.74. The second-order valence-electron chi connectivity index (χ2n) is 6.41. The largest absolute Gasteiger partial charge is 0.382 e. The average molecular weight is 282 g/mol. The number of hydrogen-bond donors (Lipinski definition) is 1. The normalized spacial score (nSPS) is 22.9. The molecule has 112 valence electrons. The molecular formula is C19H26N2. The van der Waals surface area contributed by atoms with Crippen LogP contribution in [0.3, 0.4) is 0 Å². The van der Waals surface area contributed by atoms with Gasteiger partial charge in [0, 0.05) is 29.5 Å². The minimum Gasteiger partial charge on any atom is -0.382 e. The Morgan fingerprint density at radius 2 is 2.10 bits per heavy atom. The minimum absolute atomic E-state index is 0.623. The Morgan fingerprint density at radius 3 is 3.00 bits per heavy atom. The SMILES string of the molecule is CCCC1CCCC(Nc2cccc3ccncc23)CC1. The fraction of sp³-hybridized carbons (Fsp3) is 0.526. The van der Waals surface area contributed by atoms with Crippen LogP contribution >= 0.6 is 0 Å². The third kappa shape index (κ3) is 3.55. The Bertz CT molecular complexity index is 573. The highest BCUT2D eigenvalue weighted by Crippen LogP contribution is 2.30. The van der Waals surface area contributed by atoms with Crippen LogP contribution in [0.1, 0.15) is 51.9 Å². The van der Waals surface area contributed by atoms with Crippen LogP contribution in [-0.2, 0) is 0 Å². The Hall–Kier alpha value is -1.57. The molecule has 0 bridgehead atoms. The van der Waals surface area contributed by atoms with Gasteiger partial charge in [0.05, 0.1) is 0 Å². The molecular weight excluding hydrogens is 256 g/mol. The summed E-state index contributed by atoms with van der Waals surface area (Å²) in [4.78, 5) is 4.28. The van der Waals surface area contributed by atoms with Gasteiger partial charge in [-0.3, -0.25) is 4.98 Å². The zero-order chi connectivity index (χ0) is 14.5. The molecule has 1 heterocycles. The van der Waals surface area contributed by atoms with Crippen molar-refractivity contribution in [2.75, 3.05) is 5.32 Å². The van der Waals surface area contributed by atoms with Crippen molar-refractivity contribution in [1.29, 1.82) is 0 Å². The van der Waals surface area contributed by atoms with E-state index in [0.29, 0.717) is 6.04 Å². The number of fused-ring (bicyclic) bond motifs is 1. The highest BCUT2D eigenvalue weighted by molar-refractivity contribution is 5.93. The van der Waals surface area contributed by atoms with E-state index in [9.17, 15) is 0 Å². The second kappa shape index (κ2) is 6.93. The highest BCUT2D eigenvalue weighted by Gasteiger charge is 2.18. The quantitative estimate of drug-likeness (QED) is 0.760. The van der Waals surface area contributed by atoms with Gasteiger partial charge in [-0.15, -0.1) is 0 Å². The number of rotatable bonds is 4.